The summed E-state index contributed by atoms with van der Waals surface area (Å²) in [6.07, 6.45) is 9.89. The number of likely N-dealkylation sites (tertiary alicyclic amines) is 1. The molecule has 3 unspecified atom stereocenters. The van der Waals surface area contributed by atoms with Crippen LogP contribution in [-0.4, -0.2) is 35.5 Å². The van der Waals surface area contributed by atoms with Gasteiger partial charge in [-0.1, -0.05) is 80.9 Å². The van der Waals surface area contributed by atoms with Crippen LogP contribution in [0.5, 0.6) is 0 Å². The van der Waals surface area contributed by atoms with Crippen molar-refractivity contribution in [1.29, 1.82) is 0 Å². The van der Waals surface area contributed by atoms with Gasteiger partial charge in [0.15, 0.2) is 5.60 Å². The number of amides is 1. The average Bonchev–Trinajstić information content (AvgIpc) is 3.37. The Morgan fingerprint density at radius 3 is 2.12 bits per heavy atom. The molecule has 1 amide bonds. The molecule has 0 bridgehead atoms. The summed E-state index contributed by atoms with van der Waals surface area (Å²) in [5.41, 5.74) is 0.937. The molecular formula is C35H44N2O3. The smallest absolute Gasteiger partial charge is 0.293 e. The predicted molar refractivity (Wildman–Crippen MR) is 155 cm³/mol. The van der Waals surface area contributed by atoms with E-state index in [-0.39, 0.29) is 23.4 Å². The molecule has 40 heavy (non-hydrogen) atoms. The van der Waals surface area contributed by atoms with Crippen LogP contribution in [0.4, 0.5) is 0 Å². The van der Waals surface area contributed by atoms with Gasteiger partial charge in [-0.25, -0.2) is 0 Å². The third-order valence-electron chi connectivity index (χ3n) is 13.0. The van der Waals surface area contributed by atoms with Crippen LogP contribution in [-0.2, 0) is 14.3 Å². The monoisotopic (exact) mass is 540 g/mol. The average molecular weight is 541 g/mol. The second kappa shape index (κ2) is 9.17. The number of likely N-dealkylation sites (N-methyl/N-ethyl adjacent to an activating group) is 1. The molecule has 3 saturated carbocycles. The number of nitrogens with one attached hydrogen (secondary N) is 1. The molecule has 5 aliphatic rings. The summed E-state index contributed by atoms with van der Waals surface area (Å²) in [6.45, 7) is 5.70. The van der Waals surface area contributed by atoms with Gasteiger partial charge in [-0.15, -0.1) is 0 Å². The van der Waals surface area contributed by atoms with E-state index in [1.165, 1.54) is 32.1 Å². The van der Waals surface area contributed by atoms with E-state index in [9.17, 15) is 9.59 Å². The van der Waals surface area contributed by atoms with Crippen molar-refractivity contribution in [2.24, 2.45) is 28.6 Å². The summed E-state index contributed by atoms with van der Waals surface area (Å²) < 4.78 is 6.63. The Bertz CT molecular complexity index is 1240. The van der Waals surface area contributed by atoms with Crippen LogP contribution >= 0.6 is 0 Å². The van der Waals surface area contributed by atoms with Gasteiger partial charge in [-0.3, -0.25) is 14.9 Å². The van der Waals surface area contributed by atoms with E-state index < -0.39 is 11.1 Å². The summed E-state index contributed by atoms with van der Waals surface area (Å²) in [7, 11) is 2.01. The molecule has 7 rings (SSSR count). The molecule has 2 aromatic rings. The third kappa shape index (κ3) is 3.19. The molecule has 0 radical (unpaired) electrons. The zero-order valence-corrected chi connectivity index (χ0v) is 24.3. The van der Waals surface area contributed by atoms with Gasteiger partial charge >= 0.3 is 0 Å². The first-order valence-electron chi connectivity index (χ1n) is 15.6. The number of rotatable bonds is 5. The van der Waals surface area contributed by atoms with E-state index >= 15 is 0 Å². The number of carbonyl (C=O) groups excluding carboxylic acids is 2. The number of fused-ring (bicyclic) bond motifs is 5. The molecule has 2 heterocycles. The zero-order chi connectivity index (χ0) is 27.8. The molecule has 8 atom stereocenters. The minimum Gasteiger partial charge on any atom is -0.455 e. The molecule has 5 heteroatoms. The van der Waals surface area contributed by atoms with Gasteiger partial charge in [-0.05, 0) is 84.7 Å². The lowest BCUT2D eigenvalue weighted by Crippen LogP contribution is -2.86. The molecule has 5 nitrogen and oxygen atoms in total. The number of piperidine rings is 1. The SMILES string of the molecule is CN1C(=O)CC[C@]2(C)[C@H]3CC[C@]4(C)CCC[C@H]4[C@@H]3CCC12C1(OC=O)C(c2ccccc2)NC1c1ccccc1. The van der Waals surface area contributed by atoms with Crippen LogP contribution in [0.25, 0.3) is 0 Å². The van der Waals surface area contributed by atoms with Crippen molar-refractivity contribution in [1.82, 2.24) is 10.2 Å². The molecule has 3 aliphatic carbocycles. The lowest BCUT2D eigenvalue weighted by atomic mass is 9.38. The molecular weight excluding hydrogens is 496 g/mol. The number of hydrogen-bond donors (Lipinski definition) is 1. The van der Waals surface area contributed by atoms with Crippen LogP contribution in [0.3, 0.4) is 0 Å². The summed E-state index contributed by atoms with van der Waals surface area (Å²) in [5, 5.41) is 3.86. The summed E-state index contributed by atoms with van der Waals surface area (Å²) >= 11 is 0. The molecule has 5 fully saturated rings. The van der Waals surface area contributed by atoms with Crippen LogP contribution in [0.1, 0.15) is 94.8 Å². The van der Waals surface area contributed by atoms with Crippen molar-refractivity contribution in [2.75, 3.05) is 7.05 Å². The Hall–Kier alpha value is -2.66. The predicted octanol–water partition coefficient (Wildman–Crippen LogP) is 6.61. The fourth-order valence-corrected chi connectivity index (χ4v) is 11.3. The number of hydrogen-bond acceptors (Lipinski definition) is 4. The van der Waals surface area contributed by atoms with E-state index in [0.717, 1.165) is 36.3 Å². The van der Waals surface area contributed by atoms with Gasteiger partial charge < -0.3 is 9.64 Å². The standard InChI is InChI=1S/C35H44N2O3/c1-32-19-10-15-27(32)26-16-22-34(33(2,28(26)17-20-32)21-18-29(39)37(34)3)35(40-23-38)30(24-11-6-4-7-12-24)36-31(35)25-13-8-5-9-14-25/h4-9,11-14,23,26-28,30-31,36H,10,15-22H2,1-3H3/t26-,27-,28-,30?,31?,32-,33+,34?,35?/m0/s1. The third-order valence-corrected chi connectivity index (χ3v) is 13.0. The van der Waals surface area contributed by atoms with Crippen LogP contribution < -0.4 is 5.32 Å². The van der Waals surface area contributed by atoms with Gasteiger partial charge in [-0.2, -0.15) is 0 Å². The lowest BCUT2D eigenvalue weighted by Gasteiger charge is -2.75. The van der Waals surface area contributed by atoms with Crippen molar-refractivity contribution >= 4 is 12.4 Å². The highest BCUT2D eigenvalue weighted by Crippen LogP contribution is 2.73. The van der Waals surface area contributed by atoms with Crippen molar-refractivity contribution in [2.45, 2.75) is 94.9 Å². The van der Waals surface area contributed by atoms with E-state index in [1.54, 1.807) is 0 Å². The number of nitrogens with zero attached hydrogens (tertiary/aromatic N) is 1. The molecule has 1 N–H and O–H groups in total. The molecule has 2 saturated heterocycles. The van der Waals surface area contributed by atoms with Crippen LogP contribution in [0.15, 0.2) is 60.7 Å². The topological polar surface area (TPSA) is 58.6 Å². The molecule has 0 aromatic heterocycles. The normalized spacial score (nSPS) is 44.1. The Morgan fingerprint density at radius 1 is 0.850 bits per heavy atom. The minimum absolute atomic E-state index is 0.173. The highest BCUT2D eigenvalue weighted by atomic mass is 16.5. The first kappa shape index (κ1) is 26.3. The largest absolute Gasteiger partial charge is 0.455 e. The quantitative estimate of drug-likeness (QED) is 0.434. The fraction of sp³-hybridized carbons (Fsp3) is 0.600. The van der Waals surface area contributed by atoms with E-state index in [1.807, 2.05) is 19.2 Å². The van der Waals surface area contributed by atoms with Gasteiger partial charge in [0, 0.05) is 13.5 Å². The first-order chi connectivity index (χ1) is 19.3. The molecule has 0 spiro atoms. The van der Waals surface area contributed by atoms with Gasteiger partial charge in [0.05, 0.1) is 17.6 Å². The lowest BCUT2D eigenvalue weighted by molar-refractivity contribution is -0.286. The van der Waals surface area contributed by atoms with Crippen LogP contribution in [0, 0.1) is 28.6 Å². The first-order valence-corrected chi connectivity index (χ1v) is 15.6. The summed E-state index contributed by atoms with van der Waals surface area (Å²) in [6, 6.07) is 20.4. The summed E-state index contributed by atoms with van der Waals surface area (Å²) in [4.78, 5) is 28.6. The van der Waals surface area contributed by atoms with Crippen molar-refractivity contribution < 1.29 is 14.3 Å². The van der Waals surface area contributed by atoms with Crippen molar-refractivity contribution in [3.05, 3.63) is 71.8 Å². The molecule has 2 aromatic carbocycles. The maximum Gasteiger partial charge on any atom is 0.293 e. The Kier molecular flexibility index (Phi) is 6.02. The van der Waals surface area contributed by atoms with E-state index in [2.05, 4.69) is 72.6 Å². The van der Waals surface area contributed by atoms with Gasteiger partial charge in [0.25, 0.3) is 6.47 Å². The highest BCUT2D eigenvalue weighted by Gasteiger charge is 2.79. The van der Waals surface area contributed by atoms with Crippen molar-refractivity contribution in [3.63, 3.8) is 0 Å². The molecule has 2 aliphatic heterocycles. The minimum atomic E-state index is -0.932. The van der Waals surface area contributed by atoms with E-state index in [4.69, 9.17) is 4.74 Å². The Morgan fingerprint density at radius 2 is 1.50 bits per heavy atom. The highest BCUT2D eigenvalue weighted by molar-refractivity contribution is 5.79. The molecule has 212 valence electrons. The van der Waals surface area contributed by atoms with Crippen molar-refractivity contribution in [3.8, 4) is 0 Å². The number of benzene rings is 2. The fourth-order valence-electron chi connectivity index (χ4n) is 11.3. The zero-order valence-electron chi connectivity index (χ0n) is 24.3. The second-order valence-electron chi connectivity index (χ2n) is 14.1. The van der Waals surface area contributed by atoms with Gasteiger partial charge in [0.2, 0.25) is 5.91 Å². The maximum absolute atomic E-state index is 13.8. The summed E-state index contributed by atoms with van der Waals surface area (Å²) in [5.74, 6) is 2.12. The Balaban J connectivity index is 1.45. The second-order valence-corrected chi connectivity index (χ2v) is 14.1. The number of ether oxygens (including phenoxy) is 1. The maximum atomic E-state index is 13.8. The van der Waals surface area contributed by atoms with Crippen LogP contribution in [0.2, 0.25) is 0 Å². The Labute approximate surface area is 239 Å². The van der Waals surface area contributed by atoms with Gasteiger partial charge in [0.1, 0.15) is 0 Å². The van der Waals surface area contributed by atoms with E-state index in [0.29, 0.717) is 30.1 Å². The number of carbonyl (C=O) groups is 2.